The number of amides is 1. The highest BCUT2D eigenvalue weighted by Gasteiger charge is 2.22. The van der Waals surface area contributed by atoms with Crippen molar-refractivity contribution in [3.05, 3.63) is 38.3 Å². The smallest absolute Gasteiger partial charge is 0.339 e. The maximum Gasteiger partial charge on any atom is 0.339 e. The Morgan fingerprint density at radius 1 is 1.31 bits per heavy atom. The first-order chi connectivity index (χ1) is 12.3. The van der Waals surface area contributed by atoms with Crippen molar-refractivity contribution in [2.24, 2.45) is 0 Å². The van der Waals surface area contributed by atoms with Gasteiger partial charge in [-0.15, -0.1) is 0 Å². The minimum atomic E-state index is -1.06. The van der Waals surface area contributed by atoms with Gasteiger partial charge in [0.05, 0.1) is 42.6 Å². The Bertz CT molecular complexity index is 830. The second kappa shape index (κ2) is 9.54. The second-order valence-electron chi connectivity index (χ2n) is 4.99. The number of aromatic nitrogens is 1. The molecule has 0 fully saturated rings. The number of nitrogens with zero attached hydrogens (tertiary/aromatic N) is 5. The zero-order valence-electron chi connectivity index (χ0n) is 13.9. The molecule has 0 aromatic carbocycles. The van der Waals surface area contributed by atoms with Crippen LogP contribution >= 0.6 is 0 Å². The van der Waals surface area contributed by atoms with Crippen molar-refractivity contribution in [3.63, 3.8) is 0 Å². The molecular weight excluding hydrogens is 346 g/mol. The summed E-state index contributed by atoms with van der Waals surface area (Å²) in [5, 5.41) is 28.3. The largest absolute Gasteiger partial charge is 0.465 e. The Hall–Kier alpha value is -3.73. The van der Waals surface area contributed by atoms with Gasteiger partial charge in [0.1, 0.15) is 6.54 Å². The van der Waals surface area contributed by atoms with Gasteiger partial charge in [0, 0.05) is 25.4 Å². The maximum atomic E-state index is 12.4. The standard InChI is InChI=1S/C15H15N5O6/c1-26-15(23)11-8-12(20(24)25)14(22)19(9-11)10-13(21)18(6-2-4-16)7-3-5-17/h8-9H,2-3,6-7,10H2,1H3. The Balaban J connectivity index is 3.22. The highest BCUT2D eigenvalue weighted by atomic mass is 16.6. The first-order valence-electron chi connectivity index (χ1n) is 7.34. The number of ether oxygens (including phenoxy) is 1. The van der Waals surface area contributed by atoms with Gasteiger partial charge in [-0.25, -0.2) is 4.79 Å². The molecule has 11 heteroatoms. The summed E-state index contributed by atoms with van der Waals surface area (Å²) in [6.45, 7) is -0.490. The highest BCUT2D eigenvalue weighted by molar-refractivity contribution is 5.89. The molecule has 1 aromatic rings. The average molecular weight is 361 g/mol. The molecular formula is C15H15N5O6. The molecule has 26 heavy (non-hydrogen) atoms. The number of carbonyl (C=O) groups is 2. The SMILES string of the molecule is COC(=O)c1cc([N+](=O)[O-])c(=O)n(CC(=O)N(CCC#N)CCC#N)c1. The van der Waals surface area contributed by atoms with Gasteiger partial charge in [-0.2, -0.15) is 10.5 Å². The van der Waals surface area contributed by atoms with Gasteiger partial charge in [0.25, 0.3) is 0 Å². The summed E-state index contributed by atoms with van der Waals surface area (Å²) in [6, 6.07) is 4.51. The van der Waals surface area contributed by atoms with Gasteiger partial charge in [0.2, 0.25) is 5.91 Å². The lowest BCUT2D eigenvalue weighted by atomic mass is 10.2. The van der Waals surface area contributed by atoms with Crippen molar-refractivity contribution in [2.45, 2.75) is 19.4 Å². The first-order valence-corrected chi connectivity index (χ1v) is 7.34. The van der Waals surface area contributed by atoms with Gasteiger partial charge >= 0.3 is 17.2 Å². The van der Waals surface area contributed by atoms with Crippen molar-refractivity contribution in [1.82, 2.24) is 9.47 Å². The lowest BCUT2D eigenvalue weighted by molar-refractivity contribution is -0.386. The van der Waals surface area contributed by atoms with Crippen LogP contribution in [0, 0.1) is 32.8 Å². The van der Waals surface area contributed by atoms with Crippen LogP contribution in [-0.4, -0.2) is 46.5 Å². The first kappa shape index (κ1) is 20.3. The number of rotatable bonds is 8. The fourth-order valence-corrected chi connectivity index (χ4v) is 2.07. The van der Waals surface area contributed by atoms with Crippen LogP contribution in [-0.2, 0) is 16.1 Å². The third-order valence-corrected chi connectivity index (χ3v) is 3.33. The Morgan fingerprint density at radius 3 is 2.35 bits per heavy atom. The molecule has 0 aliphatic heterocycles. The van der Waals surface area contributed by atoms with Crippen molar-refractivity contribution in [3.8, 4) is 12.1 Å². The molecule has 0 atom stereocenters. The minimum Gasteiger partial charge on any atom is -0.465 e. The van der Waals surface area contributed by atoms with Crippen LogP contribution < -0.4 is 5.56 Å². The van der Waals surface area contributed by atoms with Crippen LogP contribution in [0.5, 0.6) is 0 Å². The fourth-order valence-electron chi connectivity index (χ4n) is 2.07. The van der Waals surface area contributed by atoms with Crippen LogP contribution in [0.4, 0.5) is 5.69 Å². The van der Waals surface area contributed by atoms with E-state index in [9.17, 15) is 24.5 Å². The molecule has 136 valence electrons. The van der Waals surface area contributed by atoms with Crippen LogP contribution in [0.1, 0.15) is 23.2 Å². The number of hydrogen-bond acceptors (Lipinski definition) is 8. The number of carbonyl (C=O) groups excluding carboxylic acids is 2. The quantitative estimate of drug-likeness (QED) is 0.360. The van der Waals surface area contributed by atoms with E-state index in [4.69, 9.17) is 10.5 Å². The molecule has 0 radical (unpaired) electrons. The molecule has 0 bridgehead atoms. The molecule has 0 spiro atoms. The molecule has 11 nitrogen and oxygen atoms in total. The monoisotopic (exact) mass is 361 g/mol. The summed E-state index contributed by atoms with van der Waals surface area (Å²) in [7, 11) is 1.07. The van der Waals surface area contributed by atoms with E-state index in [0.717, 1.165) is 23.9 Å². The average Bonchev–Trinajstić information content (AvgIpc) is 2.62. The van der Waals surface area contributed by atoms with E-state index in [2.05, 4.69) is 4.74 Å². The zero-order chi connectivity index (χ0) is 19.7. The molecule has 0 aliphatic carbocycles. The molecule has 0 aliphatic rings. The molecule has 1 rings (SSSR count). The van der Waals surface area contributed by atoms with Gasteiger partial charge in [0.15, 0.2) is 0 Å². The highest BCUT2D eigenvalue weighted by Crippen LogP contribution is 2.10. The number of hydrogen-bond donors (Lipinski definition) is 0. The summed E-state index contributed by atoms with van der Waals surface area (Å²) >= 11 is 0. The number of esters is 1. The van der Waals surface area contributed by atoms with Gasteiger partial charge in [-0.1, -0.05) is 0 Å². The van der Waals surface area contributed by atoms with Gasteiger partial charge < -0.3 is 9.64 Å². The predicted octanol–water partition coefficient (Wildman–Crippen LogP) is 0.199. The summed E-state index contributed by atoms with van der Waals surface area (Å²) in [5.74, 6) is -1.52. The molecule has 0 saturated heterocycles. The van der Waals surface area contributed by atoms with E-state index >= 15 is 0 Å². The van der Waals surface area contributed by atoms with E-state index in [0.29, 0.717) is 0 Å². The van der Waals surface area contributed by atoms with Gasteiger partial charge in [-0.05, 0) is 0 Å². The number of methoxy groups -OCH3 is 1. The van der Waals surface area contributed by atoms with E-state index in [1.807, 2.05) is 12.1 Å². The third-order valence-electron chi connectivity index (χ3n) is 3.33. The number of pyridine rings is 1. The molecule has 0 N–H and O–H groups in total. The molecule has 1 heterocycles. The van der Waals surface area contributed by atoms with E-state index in [1.54, 1.807) is 0 Å². The van der Waals surface area contributed by atoms with Crippen LogP contribution in [0.15, 0.2) is 17.1 Å². The molecule has 0 saturated carbocycles. The lowest BCUT2D eigenvalue weighted by Crippen LogP contribution is -2.38. The van der Waals surface area contributed by atoms with Crippen molar-refractivity contribution >= 4 is 17.6 Å². The summed E-state index contributed by atoms with van der Waals surface area (Å²) in [6.07, 6.45) is 1.04. The maximum absolute atomic E-state index is 12.4. The minimum absolute atomic E-state index is 0.0222. The van der Waals surface area contributed by atoms with E-state index < -0.39 is 34.6 Å². The number of nitriles is 2. The van der Waals surface area contributed by atoms with Gasteiger partial charge in [-0.3, -0.25) is 24.3 Å². The molecule has 1 amide bonds. The second-order valence-corrected chi connectivity index (χ2v) is 4.99. The zero-order valence-corrected chi connectivity index (χ0v) is 13.9. The number of nitro groups is 1. The Kier molecular flexibility index (Phi) is 7.45. The lowest BCUT2D eigenvalue weighted by Gasteiger charge is -2.20. The normalized spacial score (nSPS) is 9.65. The van der Waals surface area contributed by atoms with Crippen molar-refractivity contribution in [2.75, 3.05) is 20.2 Å². The van der Waals surface area contributed by atoms with E-state index in [-0.39, 0.29) is 31.5 Å². The fraction of sp³-hybridized carbons (Fsp3) is 0.400. The molecule has 0 unspecified atom stereocenters. The van der Waals surface area contributed by atoms with Crippen molar-refractivity contribution in [1.29, 1.82) is 10.5 Å². The summed E-state index contributed by atoms with van der Waals surface area (Å²) in [4.78, 5) is 47.4. The predicted molar refractivity (Wildman–Crippen MR) is 85.7 cm³/mol. The van der Waals surface area contributed by atoms with Crippen LogP contribution in [0.3, 0.4) is 0 Å². The van der Waals surface area contributed by atoms with Crippen LogP contribution in [0.2, 0.25) is 0 Å². The molecule has 1 aromatic heterocycles. The van der Waals surface area contributed by atoms with Crippen LogP contribution in [0.25, 0.3) is 0 Å². The Morgan fingerprint density at radius 2 is 1.88 bits per heavy atom. The van der Waals surface area contributed by atoms with Crippen molar-refractivity contribution < 1.29 is 19.2 Å². The summed E-state index contributed by atoms with van der Waals surface area (Å²) < 4.78 is 5.21. The third kappa shape index (κ3) is 5.14. The summed E-state index contributed by atoms with van der Waals surface area (Å²) in [5.41, 5.74) is -2.19. The van der Waals surface area contributed by atoms with E-state index in [1.165, 1.54) is 4.90 Å². The topological polar surface area (TPSA) is 159 Å². The Labute approximate surface area is 147 Å².